The highest BCUT2D eigenvalue weighted by atomic mass is 16.2. The maximum atomic E-state index is 11.4. The Morgan fingerprint density at radius 3 is 3.06 bits per heavy atom. The smallest absolute Gasteiger partial charge is 0.320 e. The van der Waals surface area contributed by atoms with Crippen molar-refractivity contribution < 1.29 is 4.79 Å². The lowest BCUT2D eigenvalue weighted by Gasteiger charge is -2.05. The van der Waals surface area contributed by atoms with Crippen LogP contribution in [0.1, 0.15) is 5.69 Å². The Bertz CT molecular complexity index is 439. The minimum Gasteiger partial charge on any atom is -0.364 e. The lowest BCUT2D eigenvalue weighted by atomic mass is 10.4. The van der Waals surface area contributed by atoms with Gasteiger partial charge in [0.25, 0.3) is 0 Å². The van der Waals surface area contributed by atoms with Crippen molar-refractivity contribution in [3.63, 3.8) is 0 Å². The summed E-state index contributed by atoms with van der Waals surface area (Å²) in [5, 5.41) is 5.25. The first kappa shape index (κ1) is 10.2. The highest BCUT2D eigenvalue weighted by Crippen LogP contribution is 1.97. The average Bonchev–Trinajstić information content (AvgIpc) is 2.81. The number of H-pyrrole nitrogens is 1. The van der Waals surface area contributed by atoms with E-state index in [1.165, 1.54) is 12.4 Å². The molecule has 0 saturated carbocycles. The number of carbonyl (C=O) groups is 1. The van der Waals surface area contributed by atoms with Crippen molar-refractivity contribution in [3.8, 4) is 0 Å². The van der Waals surface area contributed by atoms with Crippen LogP contribution in [0, 0.1) is 0 Å². The Hall–Kier alpha value is -2.37. The summed E-state index contributed by atoms with van der Waals surface area (Å²) in [6, 6.07) is 3.45. The quantitative estimate of drug-likeness (QED) is 0.720. The lowest BCUT2D eigenvalue weighted by molar-refractivity contribution is 0.251. The standard InChI is InChI=1S/C10H11N5O/c16-10(14-6-8-2-1-3-12-8)15-9-7-11-4-5-13-9/h1-5,7,12H,6H2,(H2,13,14,15,16). The van der Waals surface area contributed by atoms with E-state index >= 15 is 0 Å². The van der Waals surface area contributed by atoms with Gasteiger partial charge in [0.05, 0.1) is 12.7 Å². The van der Waals surface area contributed by atoms with E-state index in [1.54, 1.807) is 12.4 Å². The van der Waals surface area contributed by atoms with Gasteiger partial charge in [0.1, 0.15) is 0 Å². The Morgan fingerprint density at radius 2 is 2.38 bits per heavy atom. The van der Waals surface area contributed by atoms with Gasteiger partial charge in [0, 0.05) is 24.3 Å². The molecule has 0 fully saturated rings. The number of hydrogen-bond donors (Lipinski definition) is 3. The number of aromatic amines is 1. The van der Waals surface area contributed by atoms with Crippen LogP contribution in [0.3, 0.4) is 0 Å². The largest absolute Gasteiger partial charge is 0.364 e. The molecule has 0 aliphatic rings. The molecule has 0 radical (unpaired) electrons. The van der Waals surface area contributed by atoms with E-state index in [4.69, 9.17) is 0 Å². The molecular weight excluding hydrogens is 206 g/mol. The number of anilines is 1. The molecular formula is C10H11N5O. The van der Waals surface area contributed by atoms with Crippen LogP contribution >= 0.6 is 0 Å². The number of hydrogen-bond acceptors (Lipinski definition) is 3. The van der Waals surface area contributed by atoms with E-state index in [1.807, 2.05) is 12.1 Å². The molecule has 0 unspecified atom stereocenters. The highest BCUT2D eigenvalue weighted by molar-refractivity contribution is 5.87. The number of urea groups is 1. The van der Waals surface area contributed by atoms with Gasteiger partial charge < -0.3 is 10.3 Å². The summed E-state index contributed by atoms with van der Waals surface area (Å²) in [4.78, 5) is 22.1. The Balaban J connectivity index is 1.81. The third-order valence-electron chi connectivity index (χ3n) is 1.91. The van der Waals surface area contributed by atoms with E-state index < -0.39 is 0 Å². The molecule has 2 rings (SSSR count). The summed E-state index contributed by atoms with van der Waals surface area (Å²) in [7, 11) is 0. The average molecular weight is 217 g/mol. The predicted molar refractivity (Wildman–Crippen MR) is 58.7 cm³/mol. The van der Waals surface area contributed by atoms with Gasteiger partial charge in [-0.1, -0.05) is 0 Å². The fourth-order valence-electron chi connectivity index (χ4n) is 1.18. The second kappa shape index (κ2) is 4.92. The second-order valence-electron chi connectivity index (χ2n) is 3.09. The molecule has 6 nitrogen and oxygen atoms in total. The lowest BCUT2D eigenvalue weighted by Crippen LogP contribution is -2.28. The summed E-state index contributed by atoms with van der Waals surface area (Å²) < 4.78 is 0. The van der Waals surface area contributed by atoms with Crippen LogP contribution in [-0.4, -0.2) is 21.0 Å². The zero-order valence-corrected chi connectivity index (χ0v) is 8.47. The molecule has 2 aromatic rings. The molecule has 0 aliphatic heterocycles. The normalized spacial score (nSPS) is 9.75. The van der Waals surface area contributed by atoms with Crippen molar-refractivity contribution in [2.45, 2.75) is 6.54 Å². The van der Waals surface area contributed by atoms with Gasteiger partial charge in [0.15, 0.2) is 5.82 Å². The molecule has 0 spiro atoms. The van der Waals surface area contributed by atoms with Crippen molar-refractivity contribution in [2.24, 2.45) is 0 Å². The van der Waals surface area contributed by atoms with Gasteiger partial charge in [-0.05, 0) is 12.1 Å². The van der Waals surface area contributed by atoms with E-state index in [2.05, 4.69) is 25.6 Å². The number of aromatic nitrogens is 3. The third kappa shape index (κ3) is 2.81. The van der Waals surface area contributed by atoms with E-state index in [0.29, 0.717) is 12.4 Å². The molecule has 3 N–H and O–H groups in total. The molecule has 0 aliphatic carbocycles. The molecule has 82 valence electrons. The number of rotatable bonds is 3. The summed E-state index contributed by atoms with van der Waals surface area (Å²) in [5.41, 5.74) is 0.939. The van der Waals surface area contributed by atoms with Gasteiger partial charge in [-0.15, -0.1) is 0 Å². The van der Waals surface area contributed by atoms with Gasteiger partial charge in [-0.3, -0.25) is 10.3 Å². The SMILES string of the molecule is O=C(NCc1ccc[nH]1)Nc1cnccn1. The third-order valence-corrected chi connectivity index (χ3v) is 1.91. The topological polar surface area (TPSA) is 82.7 Å². The monoisotopic (exact) mass is 217 g/mol. The first-order valence-corrected chi connectivity index (χ1v) is 4.78. The number of nitrogens with one attached hydrogen (secondary N) is 3. The fraction of sp³-hybridized carbons (Fsp3) is 0.100. The first-order valence-electron chi connectivity index (χ1n) is 4.78. The van der Waals surface area contributed by atoms with Crippen molar-refractivity contribution in [1.82, 2.24) is 20.3 Å². The molecule has 2 aromatic heterocycles. The van der Waals surface area contributed by atoms with Crippen LogP contribution in [-0.2, 0) is 6.54 Å². The molecule has 0 saturated heterocycles. The van der Waals surface area contributed by atoms with Gasteiger partial charge in [0.2, 0.25) is 0 Å². The predicted octanol–water partition coefficient (Wildman–Crippen LogP) is 1.13. The minimum absolute atomic E-state index is 0.310. The van der Waals surface area contributed by atoms with E-state index in [9.17, 15) is 4.79 Å². The molecule has 2 amide bonds. The zero-order valence-electron chi connectivity index (χ0n) is 8.47. The van der Waals surface area contributed by atoms with Crippen molar-refractivity contribution in [2.75, 3.05) is 5.32 Å². The van der Waals surface area contributed by atoms with Gasteiger partial charge in [-0.25, -0.2) is 9.78 Å². The maximum absolute atomic E-state index is 11.4. The van der Waals surface area contributed by atoms with Crippen LogP contribution in [0.4, 0.5) is 10.6 Å². The molecule has 0 aromatic carbocycles. The number of nitrogens with zero attached hydrogens (tertiary/aromatic N) is 2. The zero-order chi connectivity index (χ0) is 11.2. The van der Waals surface area contributed by atoms with Gasteiger partial charge in [-0.2, -0.15) is 0 Å². The van der Waals surface area contributed by atoms with Crippen molar-refractivity contribution in [3.05, 3.63) is 42.6 Å². The highest BCUT2D eigenvalue weighted by Gasteiger charge is 2.01. The van der Waals surface area contributed by atoms with Crippen molar-refractivity contribution in [1.29, 1.82) is 0 Å². The number of amides is 2. The Labute approximate surface area is 92.1 Å². The molecule has 16 heavy (non-hydrogen) atoms. The number of carbonyl (C=O) groups excluding carboxylic acids is 1. The van der Waals surface area contributed by atoms with Crippen LogP contribution in [0.25, 0.3) is 0 Å². The van der Waals surface area contributed by atoms with Crippen LogP contribution < -0.4 is 10.6 Å². The minimum atomic E-state index is -0.310. The second-order valence-corrected chi connectivity index (χ2v) is 3.09. The molecule has 0 bridgehead atoms. The van der Waals surface area contributed by atoms with Crippen LogP contribution in [0.2, 0.25) is 0 Å². The molecule has 6 heteroatoms. The Morgan fingerprint density at radius 1 is 1.44 bits per heavy atom. The Kier molecular flexibility index (Phi) is 3.12. The fourth-order valence-corrected chi connectivity index (χ4v) is 1.18. The summed E-state index contributed by atoms with van der Waals surface area (Å²) in [5.74, 6) is 0.423. The molecule has 0 atom stereocenters. The summed E-state index contributed by atoms with van der Waals surface area (Å²) in [6.45, 7) is 0.444. The van der Waals surface area contributed by atoms with Crippen LogP contribution in [0.15, 0.2) is 36.9 Å². The first-order chi connectivity index (χ1) is 7.84. The van der Waals surface area contributed by atoms with Gasteiger partial charge >= 0.3 is 6.03 Å². The van der Waals surface area contributed by atoms with Crippen LogP contribution in [0.5, 0.6) is 0 Å². The van der Waals surface area contributed by atoms with Crippen molar-refractivity contribution >= 4 is 11.8 Å². The van der Waals surface area contributed by atoms with E-state index in [0.717, 1.165) is 5.69 Å². The van der Waals surface area contributed by atoms with E-state index in [-0.39, 0.29) is 6.03 Å². The summed E-state index contributed by atoms with van der Waals surface area (Å²) >= 11 is 0. The maximum Gasteiger partial charge on any atom is 0.320 e. The molecule has 2 heterocycles. The summed E-state index contributed by atoms with van der Waals surface area (Å²) in [6.07, 6.45) is 6.34.